The van der Waals surface area contributed by atoms with Crippen molar-refractivity contribution in [1.82, 2.24) is 14.9 Å². The number of amides is 1. The van der Waals surface area contributed by atoms with E-state index in [0.29, 0.717) is 5.95 Å². The fourth-order valence-electron chi connectivity index (χ4n) is 4.19. The van der Waals surface area contributed by atoms with Crippen LogP contribution in [0, 0.1) is 5.82 Å². The van der Waals surface area contributed by atoms with Gasteiger partial charge in [-0.05, 0) is 54.8 Å². The lowest BCUT2D eigenvalue weighted by atomic mass is 9.99. The number of rotatable bonds is 6. The molecule has 1 saturated heterocycles. The first-order valence-electron chi connectivity index (χ1n) is 10.8. The van der Waals surface area contributed by atoms with Crippen molar-refractivity contribution in [2.45, 2.75) is 32.4 Å². The second-order valence-corrected chi connectivity index (χ2v) is 8.38. The molecular weight excluding hydrogens is 405 g/mol. The molecule has 7 heteroatoms. The van der Waals surface area contributed by atoms with Gasteiger partial charge in [-0.2, -0.15) is 0 Å². The summed E-state index contributed by atoms with van der Waals surface area (Å²) in [7, 11) is 3.84. The molecule has 2 heterocycles. The van der Waals surface area contributed by atoms with Crippen molar-refractivity contribution in [2.75, 3.05) is 30.9 Å². The maximum Gasteiger partial charge on any atom is 0.225 e. The largest absolute Gasteiger partial charge is 0.347 e. The second-order valence-electron chi connectivity index (χ2n) is 8.38. The summed E-state index contributed by atoms with van der Waals surface area (Å²) < 4.78 is 14.0. The van der Waals surface area contributed by atoms with E-state index in [1.807, 2.05) is 55.5 Å². The lowest BCUT2D eigenvalue weighted by Gasteiger charge is -2.27. The monoisotopic (exact) mass is 433 g/mol. The molecule has 4 rings (SSSR count). The number of anilines is 2. The maximum atomic E-state index is 14.0. The SMILES string of the molecule is CC(=O)Nc1ccc(CN2CCC[C@H]2c2nc(N(C)C)ncc2-c2cccc(F)c2)cc1. The van der Waals surface area contributed by atoms with Gasteiger partial charge in [0.05, 0.1) is 11.7 Å². The number of carbonyl (C=O) groups excluding carboxylic acids is 1. The molecule has 32 heavy (non-hydrogen) atoms. The number of hydrogen-bond acceptors (Lipinski definition) is 5. The number of hydrogen-bond donors (Lipinski definition) is 1. The molecule has 166 valence electrons. The van der Waals surface area contributed by atoms with Crippen LogP contribution in [0.25, 0.3) is 11.1 Å². The molecule has 1 fully saturated rings. The Morgan fingerprint density at radius 2 is 2.00 bits per heavy atom. The summed E-state index contributed by atoms with van der Waals surface area (Å²) >= 11 is 0. The van der Waals surface area contributed by atoms with Crippen LogP contribution in [0.15, 0.2) is 54.7 Å². The first kappa shape index (κ1) is 21.9. The Morgan fingerprint density at radius 1 is 1.22 bits per heavy atom. The van der Waals surface area contributed by atoms with Crippen LogP contribution in [0.3, 0.4) is 0 Å². The van der Waals surface area contributed by atoms with E-state index in [1.165, 1.54) is 24.6 Å². The van der Waals surface area contributed by atoms with E-state index in [4.69, 9.17) is 4.98 Å². The molecule has 6 nitrogen and oxygen atoms in total. The Kier molecular flexibility index (Phi) is 6.46. The molecule has 2 aromatic carbocycles. The highest BCUT2D eigenvalue weighted by atomic mass is 19.1. The summed E-state index contributed by atoms with van der Waals surface area (Å²) in [5.74, 6) is 0.294. The van der Waals surface area contributed by atoms with Crippen molar-refractivity contribution >= 4 is 17.5 Å². The number of nitrogens with one attached hydrogen (secondary N) is 1. The van der Waals surface area contributed by atoms with E-state index in [0.717, 1.165) is 48.4 Å². The smallest absolute Gasteiger partial charge is 0.225 e. The number of likely N-dealkylation sites (tertiary alicyclic amines) is 1. The molecule has 0 aliphatic carbocycles. The Hall–Kier alpha value is -3.32. The minimum Gasteiger partial charge on any atom is -0.347 e. The predicted molar refractivity (Wildman–Crippen MR) is 125 cm³/mol. The normalized spacial score (nSPS) is 16.2. The molecule has 1 atom stereocenters. The van der Waals surface area contributed by atoms with Crippen molar-refractivity contribution in [1.29, 1.82) is 0 Å². The average Bonchev–Trinajstić information content (AvgIpc) is 3.22. The molecule has 0 saturated carbocycles. The molecule has 1 amide bonds. The van der Waals surface area contributed by atoms with Crippen molar-refractivity contribution in [3.05, 3.63) is 71.8 Å². The Labute approximate surface area is 188 Å². The van der Waals surface area contributed by atoms with Crippen molar-refractivity contribution < 1.29 is 9.18 Å². The van der Waals surface area contributed by atoms with Gasteiger partial charge in [0.25, 0.3) is 0 Å². The van der Waals surface area contributed by atoms with Crippen LogP contribution in [-0.2, 0) is 11.3 Å². The summed E-state index contributed by atoms with van der Waals surface area (Å²) in [6.45, 7) is 3.24. The first-order chi connectivity index (χ1) is 15.4. The molecule has 0 spiro atoms. The van der Waals surface area contributed by atoms with E-state index >= 15 is 0 Å². The molecular formula is C25H28FN5O. The van der Waals surface area contributed by atoms with Gasteiger partial charge in [0.1, 0.15) is 5.82 Å². The molecule has 0 radical (unpaired) electrons. The van der Waals surface area contributed by atoms with Gasteiger partial charge in [-0.25, -0.2) is 14.4 Å². The third-order valence-electron chi connectivity index (χ3n) is 5.68. The van der Waals surface area contributed by atoms with Crippen LogP contribution in [0.1, 0.15) is 37.1 Å². The van der Waals surface area contributed by atoms with Crippen molar-refractivity contribution in [3.8, 4) is 11.1 Å². The number of halogens is 1. The summed E-state index contributed by atoms with van der Waals surface area (Å²) in [5.41, 5.74) is 4.55. The Bertz CT molecular complexity index is 1100. The highest BCUT2D eigenvalue weighted by Crippen LogP contribution is 2.38. The summed E-state index contributed by atoms with van der Waals surface area (Å²) in [6.07, 6.45) is 3.86. The Balaban J connectivity index is 1.65. The topological polar surface area (TPSA) is 61.4 Å². The lowest BCUT2D eigenvalue weighted by molar-refractivity contribution is -0.114. The van der Waals surface area contributed by atoms with Crippen LogP contribution < -0.4 is 10.2 Å². The maximum absolute atomic E-state index is 14.0. The zero-order chi connectivity index (χ0) is 22.7. The predicted octanol–water partition coefficient (Wildman–Crippen LogP) is 4.64. The molecule has 1 N–H and O–H groups in total. The first-order valence-corrected chi connectivity index (χ1v) is 10.8. The number of carbonyl (C=O) groups is 1. The standard InChI is InChI=1S/C25H28FN5O/c1-17(32)28-21-11-9-18(10-12-21)16-31-13-5-8-23(31)24-22(15-27-25(29-24)30(2)3)19-6-4-7-20(26)14-19/h4,6-7,9-12,14-15,23H,5,8,13,16H2,1-3H3,(H,28,32)/t23-/m0/s1. The van der Waals surface area contributed by atoms with Gasteiger partial charge in [-0.1, -0.05) is 24.3 Å². The quantitative estimate of drug-likeness (QED) is 0.613. The average molecular weight is 434 g/mol. The third kappa shape index (κ3) is 4.94. The van der Waals surface area contributed by atoms with Gasteiger partial charge in [0.2, 0.25) is 11.9 Å². The highest BCUT2D eigenvalue weighted by molar-refractivity contribution is 5.88. The van der Waals surface area contributed by atoms with Gasteiger partial charge in [0.15, 0.2) is 0 Å². The Morgan fingerprint density at radius 3 is 2.69 bits per heavy atom. The van der Waals surface area contributed by atoms with E-state index in [1.54, 1.807) is 6.07 Å². The number of benzene rings is 2. The highest BCUT2D eigenvalue weighted by Gasteiger charge is 2.30. The van der Waals surface area contributed by atoms with Gasteiger partial charge in [-0.3, -0.25) is 9.69 Å². The molecule has 1 aliphatic heterocycles. The van der Waals surface area contributed by atoms with Crippen LogP contribution in [-0.4, -0.2) is 41.4 Å². The zero-order valence-electron chi connectivity index (χ0n) is 18.7. The fourth-order valence-corrected chi connectivity index (χ4v) is 4.19. The lowest BCUT2D eigenvalue weighted by Crippen LogP contribution is -2.25. The van der Waals surface area contributed by atoms with Crippen LogP contribution in [0.5, 0.6) is 0 Å². The second kappa shape index (κ2) is 9.44. The van der Waals surface area contributed by atoms with Crippen LogP contribution in [0.4, 0.5) is 16.0 Å². The molecule has 0 unspecified atom stereocenters. The van der Waals surface area contributed by atoms with Crippen molar-refractivity contribution in [2.24, 2.45) is 0 Å². The molecule has 1 aromatic heterocycles. The number of nitrogens with zero attached hydrogens (tertiary/aromatic N) is 4. The molecule has 1 aliphatic rings. The van der Waals surface area contributed by atoms with Crippen LogP contribution in [0.2, 0.25) is 0 Å². The summed E-state index contributed by atoms with van der Waals surface area (Å²) in [4.78, 5) is 25.0. The van der Waals surface area contributed by atoms with Gasteiger partial charge < -0.3 is 10.2 Å². The van der Waals surface area contributed by atoms with Crippen molar-refractivity contribution in [3.63, 3.8) is 0 Å². The minimum absolute atomic E-state index is 0.0808. The zero-order valence-corrected chi connectivity index (χ0v) is 18.7. The van der Waals surface area contributed by atoms with Gasteiger partial charge in [-0.15, -0.1) is 0 Å². The van der Waals surface area contributed by atoms with E-state index in [-0.39, 0.29) is 17.8 Å². The third-order valence-corrected chi connectivity index (χ3v) is 5.68. The summed E-state index contributed by atoms with van der Waals surface area (Å²) in [5, 5.41) is 2.80. The molecule has 0 bridgehead atoms. The van der Waals surface area contributed by atoms with E-state index in [2.05, 4.69) is 15.2 Å². The van der Waals surface area contributed by atoms with Crippen LogP contribution >= 0.6 is 0 Å². The minimum atomic E-state index is -0.271. The van der Waals surface area contributed by atoms with E-state index in [9.17, 15) is 9.18 Å². The number of aromatic nitrogens is 2. The van der Waals surface area contributed by atoms with E-state index < -0.39 is 0 Å². The van der Waals surface area contributed by atoms with Gasteiger partial charge in [0, 0.05) is 45.0 Å². The van der Waals surface area contributed by atoms with Gasteiger partial charge >= 0.3 is 0 Å². The molecule has 3 aromatic rings. The summed E-state index contributed by atoms with van der Waals surface area (Å²) in [6, 6.07) is 14.7. The fraction of sp³-hybridized carbons (Fsp3) is 0.320.